The Kier molecular flexibility index (Phi) is 5.40. The van der Waals surface area contributed by atoms with E-state index >= 15 is 0 Å². The summed E-state index contributed by atoms with van der Waals surface area (Å²) in [4.78, 5) is 12.9. The second-order valence-electron chi connectivity index (χ2n) is 6.92. The second-order valence-corrected chi connectivity index (χ2v) is 8.85. The zero-order valence-electron chi connectivity index (χ0n) is 16.7. The van der Waals surface area contributed by atoms with Crippen LogP contribution >= 0.6 is 0 Å². The van der Waals surface area contributed by atoms with Crippen molar-refractivity contribution >= 4 is 32.6 Å². The molecule has 0 saturated carbocycles. The smallest absolute Gasteiger partial charge is 0.291 e. The van der Waals surface area contributed by atoms with Gasteiger partial charge in [-0.3, -0.25) is 4.79 Å². The summed E-state index contributed by atoms with van der Waals surface area (Å²) in [5.74, 6) is 0.409. The van der Waals surface area contributed by atoms with Gasteiger partial charge in [0, 0.05) is 18.5 Å². The van der Waals surface area contributed by atoms with Gasteiger partial charge in [-0.1, -0.05) is 12.1 Å². The van der Waals surface area contributed by atoms with Gasteiger partial charge in [-0.25, -0.2) is 8.42 Å². The highest BCUT2D eigenvalue weighted by Crippen LogP contribution is 2.32. The number of carbonyl (C=O) groups excluding carboxylic acids is 1. The second kappa shape index (κ2) is 8.00. The van der Waals surface area contributed by atoms with E-state index in [4.69, 9.17) is 13.9 Å². The molecule has 9 heteroatoms. The van der Waals surface area contributed by atoms with E-state index in [0.29, 0.717) is 30.2 Å². The van der Waals surface area contributed by atoms with E-state index in [9.17, 15) is 13.2 Å². The first-order valence-corrected chi connectivity index (χ1v) is 10.9. The third-order valence-electron chi connectivity index (χ3n) is 5.07. The van der Waals surface area contributed by atoms with E-state index < -0.39 is 15.9 Å². The molecule has 30 heavy (non-hydrogen) atoms. The number of benzene rings is 2. The Hall–Kier alpha value is -3.04. The average molecular weight is 430 g/mol. The van der Waals surface area contributed by atoms with Crippen LogP contribution in [0.15, 0.2) is 51.8 Å². The van der Waals surface area contributed by atoms with Crippen LogP contribution in [0.1, 0.15) is 23.4 Å². The predicted molar refractivity (Wildman–Crippen MR) is 112 cm³/mol. The molecule has 3 aromatic rings. The molecule has 1 N–H and O–H groups in total. The number of carbonyl (C=O) groups is 1. The van der Waals surface area contributed by atoms with Crippen LogP contribution in [0.25, 0.3) is 11.0 Å². The predicted octanol–water partition coefficient (Wildman–Crippen LogP) is 3.49. The van der Waals surface area contributed by atoms with Crippen molar-refractivity contribution in [3.63, 3.8) is 0 Å². The van der Waals surface area contributed by atoms with Crippen LogP contribution in [0.2, 0.25) is 0 Å². The summed E-state index contributed by atoms with van der Waals surface area (Å²) < 4.78 is 43.4. The largest absolute Gasteiger partial charge is 0.495 e. The molecule has 0 aliphatic carbocycles. The van der Waals surface area contributed by atoms with Crippen molar-refractivity contribution in [2.24, 2.45) is 0 Å². The number of nitrogens with zero attached hydrogens (tertiary/aromatic N) is 1. The standard InChI is InChI=1S/C21H22N2O6S/c1-27-17-9-8-15(30(25,26)23-10-3-4-11-23)13-16(17)22-21(24)19-12-14-6-5-7-18(28-2)20(14)29-19/h5-9,12-13H,3-4,10-11H2,1-2H3,(H,22,24). The number of ether oxygens (including phenoxy) is 2. The van der Waals surface area contributed by atoms with Gasteiger partial charge in [0.15, 0.2) is 17.1 Å². The zero-order valence-corrected chi connectivity index (χ0v) is 17.5. The Morgan fingerprint density at radius 2 is 1.77 bits per heavy atom. The van der Waals surface area contributed by atoms with Gasteiger partial charge in [0.05, 0.1) is 24.8 Å². The monoisotopic (exact) mass is 430 g/mol. The summed E-state index contributed by atoms with van der Waals surface area (Å²) in [6.45, 7) is 0.994. The summed E-state index contributed by atoms with van der Waals surface area (Å²) in [5.41, 5.74) is 0.706. The highest BCUT2D eigenvalue weighted by atomic mass is 32.2. The van der Waals surface area contributed by atoms with Crippen LogP contribution in [-0.2, 0) is 10.0 Å². The molecule has 1 amide bonds. The SMILES string of the molecule is COc1ccc(S(=O)(=O)N2CCCC2)cc1NC(=O)c1cc2cccc(OC)c2o1. The fourth-order valence-corrected chi connectivity index (χ4v) is 5.06. The number of sulfonamides is 1. The molecule has 2 heterocycles. The van der Waals surface area contributed by atoms with Crippen molar-refractivity contribution in [3.05, 3.63) is 48.2 Å². The summed E-state index contributed by atoms with van der Waals surface area (Å²) in [6, 6.07) is 11.4. The Morgan fingerprint density at radius 3 is 2.47 bits per heavy atom. The highest BCUT2D eigenvalue weighted by molar-refractivity contribution is 7.89. The summed E-state index contributed by atoms with van der Waals surface area (Å²) in [6.07, 6.45) is 1.68. The lowest BCUT2D eigenvalue weighted by Crippen LogP contribution is -2.28. The van der Waals surface area contributed by atoms with Gasteiger partial charge in [0.1, 0.15) is 5.75 Å². The Bertz CT molecular complexity index is 1200. The minimum Gasteiger partial charge on any atom is -0.495 e. The van der Waals surface area contributed by atoms with Gasteiger partial charge in [-0.15, -0.1) is 0 Å². The number of fused-ring (bicyclic) bond motifs is 1. The topological polar surface area (TPSA) is 98.1 Å². The molecule has 158 valence electrons. The maximum atomic E-state index is 12.9. The molecule has 8 nitrogen and oxygen atoms in total. The Labute approximate surface area is 174 Å². The van der Waals surface area contributed by atoms with Crippen molar-refractivity contribution in [3.8, 4) is 11.5 Å². The summed E-state index contributed by atoms with van der Waals surface area (Å²) in [5, 5.41) is 3.42. The summed E-state index contributed by atoms with van der Waals surface area (Å²) in [7, 11) is -0.657. The number of furan rings is 1. The first kappa shape index (κ1) is 20.2. The summed E-state index contributed by atoms with van der Waals surface area (Å²) >= 11 is 0. The first-order valence-electron chi connectivity index (χ1n) is 9.50. The van der Waals surface area contributed by atoms with E-state index in [2.05, 4.69) is 5.32 Å². The van der Waals surface area contributed by atoms with E-state index in [1.54, 1.807) is 18.2 Å². The average Bonchev–Trinajstić information content (AvgIpc) is 3.43. The minimum absolute atomic E-state index is 0.0735. The van der Waals surface area contributed by atoms with Crippen LogP contribution < -0.4 is 14.8 Å². The normalized spacial score (nSPS) is 14.7. The van der Waals surface area contributed by atoms with Gasteiger partial charge in [-0.2, -0.15) is 4.31 Å². The van der Waals surface area contributed by atoms with Crippen molar-refractivity contribution in [2.75, 3.05) is 32.6 Å². The molecule has 1 saturated heterocycles. The zero-order chi connectivity index (χ0) is 21.3. The molecule has 1 fully saturated rings. The number of nitrogens with one attached hydrogen (secondary N) is 1. The Balaban J connectivity index is 1.66. The van der Waals surface area contributed by atoms with E-state index in [0.717, 1.165) is 18.2 Å². The molecular formula is C21H22N2O6S. The lowest BCUT2D eigenvalue weighted by Gasteiger charge is -2.17. The maximum absolute atomic E-state index is 12.9. The number of rotatable bonds is 6. The minimum atomic E-state index is -3.63. The molecule has 0 unspecified atom stereocenters. The van der Waals surface area contributed by atoms with Gasteiger partial charge in [0.2, 0.25) is 10.0 Å². The number of para-hydroxylation sites is 1. The molecule has 0 spiro atoms. The van der Waals surface area contributed by atoms with Gasteiger partial charge in [0.25, 0.3) is 5.91 Å². The van der Waals surface area contributed by atoms with E-state index in [1.165, 1.54) is 36.7 Å². The van der Waals surface area contributed by atoms with Crippen LogP contribution in [0.4, 0.5) is 5.69 Å². The van der Waals surface area contributed by atoms with Gasteiger partial charge in [-0.05, 0) is 43.2 Å². The highest BCUT2D eigenvalue weighted by Gasteiger charge is 2.28. The van der Waals surface area contributed by atoms with Crippen molar-refractivity contribution in [2.45, 2.75) is 17.7 Å². The van der Waals surface area contributed by atoms with Crippen LogP contribution in [0.3, 0.4) is 0 Å². The molecule has 1 aliphatic rings. The molecule has 2 aromatic carbocycles. The number of methoxy groups -OCH3 is 2. The van der Waals surface area contributed by atoms with Crippen molar-refractivity contribution in [1.29, 1.82) is 0 Å². The lowest BCUT2D eigenvalue weighted by atomic mass is 10.2. The Morgan fingerprint density at radius 1 is 1.03 bits per heavy atom. The fourth-order valence-electron chi connectivity index (χ4n) is 3.52. The number of hydrogen-bond acceptors (Lipinski definition) is 6. The van der Waals surface area contributed by atoms with Crippen LogP contribution in [-0.4, -0.2) is 45.9 Å². The maximum Gasteiger partial charge on any atom is 0.291 e. The van der Waals surface area contributed by atoms with Gasteiger partial charge >= 0.3 is 0 Å². The van der Waals surface area contributed by atoms with Gasteiger partial charge < -0.3 is 19.2 Å². The lowest BCUT2D eigenvalue weighted by molar-refractivity contribution is 0.0998. The van der Waals surface area contributed by atoms with Crippen LogP contribution in [0, 0.1) is 0 Å². The first-order chi connectivity index (χ1) is 14.4. The molecule has 0 bridgehead atoms. The number of anilines is 1. The molecule has 1 aromatic heterocycles. The van der Waals surface area contributed by atoms with E-state index in [1.807, 2.05) is 6.07 Å². The molecular weight excluding hydrogens is 408 g/mol. The quantitative estimate of drug-likeness (QED) is 0.643. The van der Waals surface area contributed by atoms with E-state index in [-0.39, 0.29) is 16.3 Å². The fraction of sp³-hybridized carbons (Fsp3) is 0.286. The molecule has 0 radical (unpaired) electrons. The molecule has 0 atom stereocenters. The molecule has 4 rings (SSSR count). The number of hydrogen-bond donors (Lipinski definition) is 1. The van der Waals surface area contributed by atoms with Crippen LogP contribution in [0.5, 0.6) is 11.5 Å². The molecule has 1 aliphatic heterocycles. The van der Waals surface area contributed by atoms with Crippen molar-refractivity contribution < 1.29 is 27.1 Å². The number of amides is 1. The van der Waals surface area contributed by atoms with Crippen molar-refractivity contribution in [1.82, 2.24) is 4.31 Å². The third-order valence-corrected chi connectivity index (χ3v) is 6.97. The third kappa shape index (κ3) is 3.61.